The molecule has 0 saturated carbocycles. The second-order valence-electron chi connectivity index (χ2n) is 5.81. The van der Waals surface area contributed by atoms with Crippen LogP contribution in [0.4, 0.5) is 4.39 Å². The van der Waals surface area contributed by atoms with E-state index in [-0.39, 0.29) is 23.8 Å². The fraction of sp³-hybridized carbons (Fsp3) is 0.368. The van der Waals surface area contributed by atoms with Gasteiger partial charge in [-0.3, -0.25) is 0 Å². The standard InChI is InChI=1S/C19H20ClFN2O3/c1-5-8-26-19(24)17-15(10-25-4)23-11(2)18(22-3)16(17)13-7-6-12(21)9-14(13)20/h6-7,9,16,23H,5,8,10H2,1-2,4H3. The van der Waals surface area contributed by atoms with Gasteiger partial charge < -0.3 is 14.8 Å². The molecule has 2 rings (SSSR count). The Bertz CT molecular complexity index is 811. The van der Waals surface area contributed by atoms with Crippen LogP contribution in [0, 0.1) is 12.4 Å². The summed E-state index contributed by atoms with van der Waals surface area (Å²) >= 11 is 6.24. The van der Waals surface area contributed by atoms with Gasteiger partial charge >= 0.3 is 5.97 Å². The lowest BCUT2D eigenvalue weighted by molar-refractivity contribution is -0.139. The minimum Gasteiger partial charge on any atom is -0.462 e. The van der Waals surface area contributed by atoms with Crippen molar-refractivity contribution in [3.05, 3.63) is 68.7 Å². The molecule has 0 aromatic heterocycles. The van der Waals surface area contributed by atoms with E-state index in [2.05, 4.69) is 10.2 Å². The van der Waals surface area contributed by atoms with Gasteiger partial charge in [-0.05, 0) is 31.0 Å². The number of ether oxygens (including phenoxy) is 2. The zero-order valence-electron chi connectivity index (χ0n) is 14.9. The lowest BCUT2D eigenvalue weighted by Gasteiger charge is -2.30. The van der Waals surface area contributed by atoms with Crippen molar-refractivity contribution >= 4 is 17.6 Å². The van der Waals surface area contributed by atoms with E-state index in [4.69, 9.17) is 27.6 Å². The number of hydrogen-bond acceptors (Lipinski definition) is 4. The number of dihydropyridines is 1. The van der Waals surface area contributed by atoms with E-state index in [1.165, 1.54) is 25.3 Å². The van der Waals surface area contributed by atoms with Crippen molar-refractivity contribution in [2.24, 2.45) is 0 Å². The van der Waals surface area contributed by atoms with E-state index in [1.54, 1.807) is 6.92 Å². The van der Waals surface area contributed by atoms with Gasteiger partial charge in [0, 0.05) is 17.8 Å². The van der Waals surface area contributed by atoms with Crippen molar-refractivity contribution in [1.82, 2.24) is 5.32 Å². The Balaban J connectivity index is 2.66. The van der Waals surface area contributed by atoms with Crippen LogP contribution in [-0.4, -0.2) is 26.3 Å². The van der Waals surface area contributed by atoms with Gasteiger partial charge in [0.15, 0.2) is 5.70 Å². The van der Waals surface area contributed by atoms with Gasteiger partial charge in [-0.25, -0.2) is 14.0 Å². The molecule has 0 spiro atoms. The number of methoxy groups -OCH3 is 1. The van der Waals surface area contributed by atoms with Gasteiger partial charge in [0.05, 0.1) is 37.0 Å². The Morgan fingerprint density at radius 1 is 1.46 bits per heavy atom. The maximum absolute atomic E-state index is 13.5. The molecule has 0 fully saturated rings. The molecule has 1 N–H and O–H groups in total. The number of halogens is 2. The van der Waals surface area contributed by atoms with E-state index >= 15 is 0 Å². The molecule has 26 heavy (non-hydrogen) atoms. The second-order valence-corrected chi connectivity index (χ2v) is 6.21. The number of hydrogen-bond donors (Lipinski definition) is 1. The highest BCUT2D eigenvalue weighted by atomic mass is 35.5. The number of carbonyl (C=O) groups is 1. The molecule has 138 valence electrons. The minimum atomic E-state index is -0.753. The molecule has 7 heteroatoms. The Hall–Kier alpha value is -2.36. The summed E-state index contributed by atoms with van der Waals surface area (Å²) in [6.45, 7) is 11.6. The summed E-state index contributed by atoms with van der Waals surface area (Å²) in [6.07, 6.45) is 0.665. The van der Waals surface area contributed by atoms with Crippen LogP contribution < -0.4 is 5.32 Å². The van der Waals surface area contributed by atoms with Crippen LogP contribution in [0.5, 0.6) is 0 Å². The Labute approximate surface area is 157 Å². The molecule has 0 radical (unpaired) electrons. The largest absolute Gasteiger partial charge is 0.462 e. The molecule has 1 atom stereocenters. The summed E-state index contributed by atoms with van der Waals surface area (Å²) in [5.74, 6) is -1.80. The maximum atomic E-state index is 13.5. The number of benzene rings is 1. The van der Waals surface area contributed by atoms with Gasteiger partial charge in [0.2, 0.25) is 0 Å². The van der Waals surface area contributed by atoms with Crippen molar-refractivity contribution in [3.63, 3.8) is 0 Å². The first-order valence-electron chi connectivity index (χ1n) is 8.13. The fourth-order valence-electron chi connectivity index (χ4n) is 2.84. The maximum Gasteiger partial charge on any atom is 0.335 e. The molecule has 0 amide bonds. The smallest absolute Gasteiger partial charge is 0.335 e. The number of nitrogens with zero attached hydrogens (tertiary/aromatic N) is 1. The van der Waals surface area contributed by atoms with E-state index in [0.29, 0.717) is 29.1 Å². The zero-order valence-corrected chi connectivity index (χ0v) is 15.6. The van der Waals surface area contributed by atoms with Crippen molar-refractivity contribution < 1.29 is 18.7 Å². The summed E-state index contributed by atoms with van der Waals surface area (Å²) in [4.78, 5) is 16.3. The summed E-state index contributed by atoms with van der Waals surface area (Å²) in [5, 5.41) is 3.20. The van der Waals surface area contributed by atoms with E-state index < -0.39 is 17.7 Å². The molecule has 1 aliphatic rings. The topological polar surface area (TPSA) is 51.9 Å². The van der Waals surface area contributed by atoms with Crippen LogP contribution in [0.15, 0.2) is 40.9 Å². The van der Waals surface area contributed by atoms with Crippen molar-refractivity contribution in [3.8, 4) is 0 Å². The minimum absolute atomic E-state index is 0.133. The second kappa shape index (κ2) is 8.84. The Morgan fingerprint density at radius 3 is 2.77 bits per heavy atom. The average molecular weight is 379 g/mol. The first-order valence-corrected chi connectivity index (χ1v) is 8.51. The predicted molar refractivity (Wildman–Crippen MR) is 96.7 cm³/mol. The highest BCUT2D eigenvalue weighted by molar-refractivity contribution is 6.31. The molecule has 0 bridgehead atoms. The van der Waals surface area contributed by atoms with E-state index in [0.717, 1.165) is 0 Å². The van der Waals surface area contributed by atoms with Crippen LogP contribution >= 0.6 is 11.6 Å². The third kappa shape index (κ3) is 4.06. The predicted octanol–water partition coefficient (Wildman–Crippen LogP) is 4.17. The average Bonchev–Trinajstić information content (AvgIpc) is 2.59. The molecule has 1 heterocycles. The summed E-state index contributed by atoms with van der Waals surface area (Å²) < 4.78 is 24.0. The zero-order chi connectivity index (χ0) is 19.3. The Morgan fingerprint density at radius 2 is 2.19 bits per heavy atom. The van der Waals surface area contributed by atoms with Gasteiger partial charge in [-0.2, -0.15) is 0 Å². The van der Waals surface area contributed by atoms with Crippen molar-refractivity contribution in [1.29, 1.82) is 0 Å². The fourth-order valence-corrected chi connectivity index (χ4v) is 3.12. The lowest BCUT2D eigenvalue weighted by atomic mass is 9.84. The molecule has 1 aromatic rings. The molecule has 1 unspecified atom stereocenters. The third-order valence-electron chi connectivity index (χ3n) is 3.95. The van der Waals surface area contributed by atoms with E-state index in [1.807, 2.05) is 6.92 Å². The quantitative estimate of drug-likeness (QED) is 0.596. The van der Waals surface area contributed by atoms with Gasteiger partial charge in [-0.15, -0.1) is 0 Å². The van der Waals surface area contributed by atoms with Crippen LogP contribution in [0.25, 0.3) is 4.85 Å². The summed E-state index contributed by atoms with van der Waals surface area (Å²) in [7, 11) is 1.51. The highest BCUT2D eigenvalue weighted by Crippen LogP contribution is 2.42. The molecule has 1 aliphatic heterocycles. The monoisotopic (exact) mass is 378 g/mol. The van der Waals surface area contributed by atoms with Crippen molar-refractivity contribution in [2.75, 3.05) is 20.3 Å². The molecule has 5 nitrogen and oxygen atoms in total. The van der Waals surface area contributed by atoms with Crippen LogP contribution in [0.2, 0.25) is 5.02 Å². The third-order valence-corrected chi connectivity index (χ3v) is 4.28. The number of rotatable bonds is 6. The molecule has 0 saturated heterocycles. The number of esters is 1. The van der Waals surface area contributed by atoms with Crippen LogP contribution in [0.1, 0.15) is 31.7 Å². The molecule has 0 aliphatic carbocycles. The normalized spacial score (nSPS) is 17.0. The van der Waals surface area contributed by atoms with Crippen LogP contribution in [-0.2, 0) is 14.3 Å². The molecular weight excluding hydrogens is 359 g/mol. The molecule has 1 aromatic carbocycles. The SMILES string of the molecule is [C-]#[N+]C1=C(C)NC(COC)=C(C(=O)OCCC)C1c1ccc(F)cc1Cl. The summed E-state index contributed by atoms with van der Waals surface area (Å²) in [5.41, 5.74) is 2.12. The van der Waals surface area contributed by atoms with Gasteiger partial charge in [-0.1, -0.05) is 24.6 Å². The van der Waals surface area contributed by atoms with Crippen molar-refractivity contribution in [2.45, 2.75) is 26.2 Å². The van der Waals surface area contributed by atoms with Crippen LogP contribution in [0.3, 0.4) is 0 Å². The van der Waals surface area contributed by atoms with E-state index in [9.17, 15) is 9.18 Å². The lowest BCUT2D eigenvalue weighted by Crippen LogP contribution is -2.31. The van der Waals surface area contributed by atoms with Gasteiger partial charge in [0.25, 0.3) is 0 Å². The molecular formula is C19H20ClFN2O3. The Kier molecular flexibility index (Phi) is 6.78. The first kappa shape index (κ1) is 20.0. The first-order chi connectivity index (χ1) is 12.4. The number of nitrogens with one attached hydrogen (secondary N) is 1. The van der Waals surface area contributed by atoms with Gasteiger partial charge in [0.1, 0.15) is 5.82 Å². The highest BCUT2D eigenvalue weighted by Gasteiger charge is 2.37. The number of carbonyl (C=O) groups excluding carboxylic acids is 1. The number of allylic oxidation sites excluding steroid dienone is 2. The summed E-state index contributed by atoms with van der Waals surface area (Å²) in [6, 6.07) is 3.91.